The molecular formula is C23H44N4O12. The molecule has 228 valence electrons. The van der Waals surface area contributed by atoms with E-state index in [9.17, 15) is 40.5 Å². The van der Waals surface area contributed by atoms with Crippen molar-refractivity contribution < 1.29 is 59.5 Å². The molecule has 39 heavy (non-hydrogen) atoms. The Morgan fingerprint density at radius 2 is 1.54 bits per heavy atom. The second kappa shape index (κ2) is 13.8. The molecule has 0 radical (unpaired) electrons. The van der Waals surface area contributed by atoms with Gasteiger partial charge in [-0.25, -0.2) is 0 Å². The molecule has 2 saturated heterocycles. The Balaban J connectivity index is 1.85. The molecule has 3 fully saturated rings. The van der Waals surface area contributed by atoms with E-state index >= 15 is 0 Å². The second-order valence-corrected chi connectivity index (χ2v) is 10.6. The van der Waals surface area contributed by atoms with Crippen LogP contribution in [0.5, 0.6) is 0 Å². The molecule has 16 nitrogen and oxygen atoms in total. The maximum absolute atomic E-state index is 12.5. The Kier molecular flexibility index (Phi) is 11.5. The largest absolute Gasteiger partial charge is 0.391 e. The highest BCUT2D eigenvalue weighted by Gasteiger charge is 2.53. The molecule has 0 aromatic carbocycles. The van der Waals surface area contributed by atoms with Gasteiger partial charge in [0, 0.05) is 19.0 Å². The van der Waals surface area contributed by atoms with Crippen LogP contribution in [-0.4, -0.2) is 146 Å². The standard InChI is InChI=1S/C23H44N4O12/c1-7(28)19-17(34)16(33)13(27)22(37-19)38-20-9(26)4-8(5-11(30)10(29)2-3-24)14(31)21(20)39-23-18(35)15(32)12(6-25)36-23/h7-10,12-23,28-29,31-35H,2-6,24-27H2,1H3/t7-,8+,9?,10+,12-,13+,14-,15+,16?,17+,18?,19?,20-,21?,22-,23+/m1/s1. The number of carbonyl (C=O) groups is 1. The van der Waals surface area contributed by atoms with Crippen LogP contribution in [0.3, 0.4) is 0 Å². The molecule has 15 N–H and O–H groups in total. The smallest absolute Gasteiger partial charge is 0.187 e. The van der Waals surface area contributed by atoms with Gasteiger partial charge in [0.05, 0.1) is 18.2 Å². The number of Topliss-reactive ketones (excluding diaryl/α,β-unsaturated/α-hetero) is 1. The summed E-state index contributed by atoms with van der Waals surface area (Å²) in [5.41, 5.74) is 23.4. The van der Waals surface area contributed by atoms with Crippen molar-refractivity contribution in [1.82, 2.24) is 0 Å². The summed E-state index contributed by atoms with van der Waals surface area (Å²) in [5, 5.41) is 72.7. The number of ketones is 1. The molecule has 2 aliphatic heterocycles. The Morgan fingerprint density at radius 3 is 2.10 bits per heavy atom. The van der Waals surface area contributed by atoms with Crippen LogP contribution in [0, 0.1) is 5.92 Å². The minimum atomic E-state index is -1.54. The van der Waals surface area contributed by atoms with Gasteiger partial charge in [-0.05, 0) is 32.2 Å². The Labute approximate surface area is 225 Å². The Morgan fingerprint density at radius 1 is 0.897 bits per heavy atom. The molecule has 2 heterocycles. The van der Waals surface area contributed by atoms with Crippen molar-refractivity contribution in [1.29, 1.82) is 0 Å². The van der Waals surface area contributed by atoms with E-state index in [2.05, 4.69) is 0 Å². The normalized spacial score (nSPS) is 46.7. The summed E-state index contributed by atoms with van der Waals surface area (Å²) in [6.45, 7) is 1.29. The fraction of sp³-hybridized carbons (Fsp3) is 0.957. The molecule has 0 spiro atoms. The van der Waals surface area contributed by atoms with E-state index in [1.807, 2.05) is 0 Å². The highest BCUT2D eigenvalue weighted by Crippen LogP contribution is 2.36. The van der Waals surface area contributed by atoms with E-state index in [0.29, 0.717) is 0 Å². The number of nitrogens with two attached hydrogens (primary N) is 4. The van der Waals surface area contributed by atoms with Crippen LogP contribution in [0.15, 0.2) is 0 Å². The van der Waals surface area contributed by atoms with Crippen molar-refractivity contribution in [2.75, 3.05) is 13.1 Å². The van der Waals surface area contributed by atoms with Crippen LogP contribution in [0.25, 0.3) is 0 Å². The molecule has 3 rings (SSSR count). The first-order valence-corrected chi connectivity index (χ1v) is 13.1. The number of carbonyl (C=O) groups excluding carboxylic acids is 1. The van der Waals surface area contributed by atoms with E-state index in [1.54, 1.807) is 0 Å². The lowest BCUT2D eigenvalue weighted by Gasteiger charge is -2.48. The molecule has 0 aromatic rings. The summed E-state index contributed by atoms with van der Waals surface area (Å²) < 4.78 is 23.0. The zero-order valence-corrected chi connectivity index (χ0v) is 21.8. The van der Waals surface area contributed by atoms with Crippen LogP contribution >= 0.6 is 0 Å². The zero-order chi connectivity index (χ0) is 29.2. The summed E-state index contributed by atoms with van der Waals surface area (Å²) in [7, 11) is 0. The molecule has 5 unspecified atom stereocenters. The monoisotopic (exact) mass is 568 g/mol. The van der Waals surface area contributed by atoms with Gasteiger partial charge in [-0.15, -0.1) is 0 Å². The first-order chi connectivity index (χ1) is 18.3. The lowest BCUT2D eigenvalue weighted by atomic mass is 9.76. The van der Waals surface area contributed by atoms with E-state index in [4.69, 9.17) is 41.9 Å². The molecule has 16 heteroatoms. The van der Waals surface area contributed by atoms with Crippen LogP contribution < -0.4 is 22.9 Å². The van der Waals surface area contributed by atoms with E-state index in [-0.39, 0.29) is 32.4 Å². The summed E-state index contributed by atoms with van der Waals surface area (Å²) in [4.78, 5) is 12.5. The summed E-state index contributed by atoms with van der Waals surface area (Å²) in [5.74, 6) is -1.36. The Hall–Kier alpha value is -0.930. The topological polar surface area (TPSA) is 300 Å². The molecule has 0 aromatic heterocycles. The average Bonchev–Trinajstić information content (AvgIpc) is 3.16. The molecule has 1 aliphatic carbocycles. The van der Waals surface area contributed by atoms with Crippen LogP contribution in [0.2, 0.25) is 0 Å². The third-order valence-corrected chi connectivity index (χ3v) is 7.71. The molecular weight excluding hydrogens is 524 g/mol. The van der Waals surface area contributed by atoms with Gasteiger partial charge in [-0.2, -0.15) is 0 Å². The van der Waals surface area contributed by atoms with E-state index in [1.165, 1.54) is 6.92 Å². The third-order valence-electron chi connectivity index (χ3n) is 7.71. The highest BCUT2D eigenvalue weighted by molar-refractivity contribution is 5.83. The number of hydrogen-bond donors (Lipinski definition) is 11. The van der Waals surface area contributed by atoms with Crippen molar-refractivity contribution in [3.63, 3.8) is 0 Å². The summed E-state index contributed by atoms with van der Waals surface area (Å²) in [6, 6.07) is -2.22. The fourth-order valence-electron chi connectivity index (χ4n) is 5.35. The Bertz CT molecular complexity index is 798. The average molecular weight is 569 g/mol. The van der Waals surface area contributed by atoms with Gasteiger partial charge in [0.25, 0.3) is 0 Å². The molecule has 3 aliphatic rings. The number of aliphatic hydroxyl groups is 7. The first kappa shape index (κ1) is 32.6. The van der Waals surface area contributed by atoms with Gasteiger partial charge in [0.1, 0.15) is 54.9 Å². The minimum absolute atomic E-state index is 0.0296. The zero-order valence-electron chi connectivity index (χ0n) is 21.8. The maximum Gasteiger partial charge on any atom is 0.187 e. The van der Waals surface area contributed by atoms with Gasteiger partial charge in [-0.1, -0.05) is 0 Å². The quantitative estimate of drug-likeness (QED) is 0.110. The van der Waals surface area contributed by atoms with Crippen LogP contribution in [0.1, 0.15) is 26.2 Å². The van der Waals surface area contributed by atoms with Gasteiger partial charge < -0.3 is 77.6 Å². The first-order valence-electron chi connectivity index (χ1n) is 13.1. The number of rotatable bonds is 11. The van der Waals surface area contributed by atoms with Gasteiger partial charge >= 0.3 is 0 Å². The van der Waals surface area contributed by atoms with E-state index in [0.717, 1.165) is 0 Å². The fourth-order valence-corrected chi connectivity index (χ4v) is 5.35. The second-order valence-electron chi connectivity index (χ2n) is 10.6. The van der Waals surface area contributed by atoms with Crippen molar-refractivity contribution in [2.45, 2.75) is 118 Å². The summed E-state index contributed by atoms with van der Waals surface area (Å²) >= 11 is 0. The molecule has 16 atom stereocenters. The number of aliphatic hydroxyl groups excluding tert-OH is 7. The number of ether oxygens (including phenoxy) is 4. The predicted octanol–water partition coefficient (Wildman–Crippen LogP) is -6.31. The van der Waals surface area contributed by atoms with Gasteiger partial charge in [0.2, 0.25) is 0 Å². The maximum atomic E-state index is 12.5. The lowest BCUT2D eigenvalue weighted by molar-refractivity contribution is -0.317. The SMILES string of the molecule is C[C@@H](O)C1O[C@H](O[C@@H]2C(N)C[C@@H](CC(=O)[C@@H](O)CCN)[C@@H](O)C2O[C@@H]2O[C@H](CN)[C@H](O)C2O)[C@@H](N)C(O)[C@@H]1O. The molecule has 1 saturated carbocycles. The van der Waals surface area contributed by atoms with Crippen molar-refractivity contribution >= 4 is 5.78 Å². The molecule has 0 bridgehead atoms. The third kappa shape index (κ3) is 7.11. The van der Waals surface area contributed by atoms with Gasteiger partial charge in [0.15, 0.2) is 18.4 Å². The highest BCUT2D eigenvalue weighted by atomic mass is 16.7. The van der Waals surface area contributed by atoms with Crippen LogP contribution in [-0.2, 0) is 23.7 Å². The minimum Gasteiger partial charge on any atom is -0.391 e. The summed E-state index contributed by atoms with van der Waals surface area (Å²) in [6.07, 6.45) is -17.9. The van der Waals surface area contributed by atoms with Gasteiger partial charge in [-0.3, -0.25) is 4.79 Å². The molecule has 0 amide bonds. The van der Waals surface area contributed by atoms with Crippen LogP contribution in [0.4, 0.5) is 0 Å². The number of hydrogen-bond acceptors (Lipinski definition) is 16. The predicted molar refractivity (Wildman–Crippen MR) is 131 cm³/mol. The van der Waals surface area contributed by atoms with Crippen molar-refractivity contribution in [3.05, 3.63) is 0 Å². The van der Waals surface area contributed by atoms with E-state index < -0.39 is 104 Å². The van der Waals surface area contributed by atoms with Crippen molar-refractivity contribution in [2.24, 2.45) is 28.9 Å². The van der Waals surface area contributed by atoms with Crippen molar-refractivity contribution in [3.8, 4) is 0 Å². The lowest BCUT2D eigenvalue weighted by Crippen LogP contribution is -2.67.